The van der Waals surface area contributed by atoms with Crippen molar-refractivity contribution in [3.63, 3.8) is 0 Å². The fourth-order valence-electron chi connectivity index (χ4n) is 2.74. The second-order valence-corrected chi connectivity index (χ2v) is 6.62. The molecule has 5 nitrogen and oxygen atoms in total. The second-order valence-electron chi connectivity index (χ2n) is 5.84. The van der Waals surface area contributed by atoms with E-state index in [-0.39, 0.29) is 12.5 Å². The van der Waals surface area contributed by atoms with Crippen LogP contribution in [0.1, 0.15) is 17.2 Å². The topological polar surface area (TPSA) is 61.8 Å². The van der Waals surface area contributed by atoms with Gasteiger partial charge >= 0.3 is 0 Å². The van der Waals surface area contributed by atoms with Gasteiger partial charge in [0.1, 0.15) is 6.10 Å². The van der Waals surface area contributed by atoms with Gasteiger partial charge in [-0.2, -0.15) is 11.3 Å². The summed E-state index contributed by atoms with van der Waals surface area (Å²) in [5, 5.41) is 17.5. The van der Waals surface area contributed by atoms with Crippen molar-refractivity contribution in [2.75, 3.05) is 26.2 Å². The van der Waals surface area contributed by atoms with Crippen LogP contribution in [-0.4, -0.2) is 48.3 Å². The summed E-state index contributed by atoms with van der Waals surface area (Å²) in [5.41, 5.74) is 1.88. The molecular formula is C18H22N2O3S. The lowest BCUT2D eigenvalue weighted by Gasteiger charge is -2.31. The fourth-order valence-corrected chi connectivity index (χ4v) is 3.45. The molecule has 2 unspecified atom stereocenters. The van der Waals surface area contributed by atoms with Crippen molar-refractivity contribution in [3.8, 4) is 0 Å². The van der Waals surface area contributed by atoms with Gasteiger partial charge in [0.15, 0.2) is 0 Å². The van der Waals surface area contributed by atoms with Gasteiger partial charge in [-0.3, -0.25) is 4.79 Å². The Hall–Kier alpha value is -1.73. The molecule has 1 aromatic carbocycles. The molecule has 6 heteroatoms. The van der Waals surface area contributed by atoms with Gasteiger partial charge in [-0.25, -0.2) is 0 Å². The molecule has 3 rings (SSSR count). The molecule has 0 radical (unpaired) electrons. The molecule has 2 atom stereocenters. The number of amides is 1. The van der Waals surface area contributed by atoms with Crippen molar-refractivity contribution in [3.05, 3.63) is 58.3 Å². The SMILES string of the molecule is O=C(C1CNCCO1)N(Cc1ccccc1)CC(O)c1ccsc1. The predicted octanol–water partition coefficient (Wildman–Crippen LogP) is 1.80. The zero-order valence-corrected chi connectivity index (χ0v) is 14.2. The Kier molecular flexibility index (Phi) is 5.98. The van der Waals surface area contributed by atoms with E-state index < -0.39 is 12.2 Å². The number of aliphatic hydroxyl groups is 1. The van der Waals surface area contributed by atoms with E-state index in [1.54, 1.807) is 4.90 Å². The first-order chi connectivity index (χ1) is 11.7. The third-order valence-corrected chi connectivity index (χ3v) is 4.75. The van der Waals surface area contributed by atoms with E-state index >= 15 is 0 Å². The van der Waals surface area contributed by atoms with Crippen molar-refractivity contribution >= 4 is 17.2 Å². The van der Waals surface area contributed by atoms with Crippen LogP contribution >= 0.6 is 11.3 Å². The van der Waals surface area contributed by atoms with Crippen molar-refractivity contribution in [2.24, 2.45) is 0 Å². The Bertz CT molecular complexity index is 627. The van der Waals surface area contributed by atoms with Crippen LogP contribution in [0.2, 0.25) is 0 Å². The molecule has 1 aliphatic rings. The Balaban J connectivity index is 1.73. The van der Waals surface area contributed by atoms with Gasteiger partial charge in [0.2, 0.25) is 0 Å². The first-order valence-corrected chi connectivity index (χ1v) is 9.03. The number of hydrogen-bond acceptors (Lipinski definition) is 5. The highest BCUT2D eigenvalue weighted by molar-refractivity contribution is 7.07. The molecule has 1 saturated heterocycles. The minimum absolute atomic E-state index is 0.0830. The third kappa shape index (κ3) is 4.42. The number of nitrogens with one attached hydrogen (secondary N) is 1. The second kappa shape index (κ2) is 8.39. The number of nitrogens with zero attached hydrogens (tertiary/aromatic N) is 1. The normalized spacial score (nSPS) is 19.0. The third-order valence-electron chi connectivity index (χ3n) is 4.05. The van der Waals surface area contributed by atoms with E-state index in [2.05, 4.69) is 5.32 Å². The minimum Gasteiger partial charge on any atom is -0.387 e. The summed E-state index contributed by atoms with van der Waals surface area (Å²) in [6.07, 6.45) is -1.18. The van der Waals surface area contributed by atoms with Crippen molar-refractivity contribution in [1.82, 2.24) is 10.2 Å². The molecule has 2 N–H and O–H groups in total. The lowest BCUT2D eigenvalue weighted by atomic mass is 10.1. The quantitative estimate of drug-likeness (QED) is 0.837. The highest BCUT2D eigenvalue weighted by atomic mass is 32.1. The maximum Gasteiger partial charge on any atom is 0.253 e. The van der Waals surface area contributed by atoms with Gasteiger partial charge < -0.3 is 20.1 Å². The molecule has 0 aliphatic carbocycles. The molecule has 1 aliphatic heterocycles. The summed E-state index contributed by atoms with van der Waals surface area (Å²) in [7, 11) is 0. The number of thiophene rings is 1. The van der Waals surface area contributed by atoms with Crippen molar-refractivity contribution < 1.29 is 14.6 Å². The van der Waals surface area contributed by atoms with E-state index in [9.17, 15) is 9.90 Å². The van der Waals surface area contributed by atoms with Crippen LogP contribution in [0.5, 0.6) is 0 Å². The van der Waals surface area contributed by atoms with Crippen molar-refractivity contribution in [2.45, 2.75) is 18.8 Å². The average Bonchev–Trinajstić information content (AvgIpc) is 3.17. The van der Waals surface area contributed by atoms with Gasteiger partial charge in [-0.1, -0.05) is 30.3 Å². The molecule has 128 valence electrons. The summed E-state index contributed by atoms with van der Waals surface area (Å²) >= 11 is 1.54. The molecule has 0 bridgehead atoms. The van der Waals surface area contributed by atoms with Gasteiger partial charge in [0, 0.05) is 19.6 Å². The Labute approximate surface area is 145 Å². The molecule has 24 heavy (non-hydrogen) atoms. The summed E-state index contributed by atoms with van der Waals surface area (Å²) in [6.45, 7) is 2.52. The van der Waals surface area contributed by atoms with Crippen LogP contribution in [0.4, 0.5) is 0 Å². The number of morpholine rings is 1. The number of carbonyl (C=O) groups is 1. The van der Waals surface area contributed by atoms with Gasteiger partial charge in [0.25, 0.3) is 5.91 Å². The molecular weight excluding hydrogens is 324 g/mol. The Morgan fingerprint density at radius 1 is 1.38 bits per heavy atom. The first-order valence-electron chi connectivity index (χ1n) is 8.09. The fraction of sp³-hybridized carbons (Fsp3) is 0.389. The molecule has 1 aromatic heterocycles. The number of hydrogen-bond donors (Lipinski definition) is 2. The molecule has 1 amide bonds. The first kappa shape index (κ1) is 17.1. The van der Waals surface area contributed by atoms with E-state index in [4.69, 9.17) is 4.74 Å². The monoisotopic (exact) mass is 346 g/mol. The molecule has 0 spiro atoms. The van der Waals surface area contributed by atoms with Gasteiger partial charge in [0.05, 0.1) is 19.3 Å². The molecule has 0 saturated carbocycles. The van der Waals surface area contributed by atoms with Crippen LogP contribution in [0, 0.1) is 0 Å². The van der Waals surface area contributed by atoms with Crippen LogP contribution in [0.15, 0.2) is 47.2 Å². The van der Waals surface area contributed by atoms with Crippen molar-refractivity contribution in [1.29, 1.82) is 0 Å². The number of rotatable bonds is 6. The van der Waals surface area contributed by atoms with Crippen LogP contribution in [-0.2, 0) is 16.1 Å². The van der Waals surface area contributed by atoms with E-state index in [1.165, 1.54) is 11.3 Å². The number of aliphatic hydroxyl groups excluding tert-OH is 1. The predicted molar refractivity (Wildman–Crippen MR) is 93.7 cm³/mol. The number of benzene rings is 1. The zero-order valence-electron chi connectivity index (χ0n) is 13.4. The van der Waals surface area contributed by atoms with Gasteiger partial charge in [-0.15, -0.1) is 0 Å². The summed E-state index contributed by atoms with van der Waals surface area (Å²) in [5.74, 6) is -0.0830. The van der Waals surface area contributed by atoms with E-state index in [0.717, 1.165) is 17.7 Å². The van der Waals surface area contributed by atoms with Crippen LogP contribution < -0.4 is 5.32 Å². The lowest BCUT2D eigenvalue weighted by molar-refractivity contribution is -0.147. The summed E-state index contributed by atoms with van der Waals surface area (Å²) < 4.78 is 5.60. The maximum absolute atomic E-state index is 12.9. The highest BCUT2D eigenvalue weighted by Gasteiger charge is 2.28. The van der Waals surface area contributed by atoms with E-state index in [1.807, 2.05) is 47.2 Å². The lowest BCUT2D eigenvalue weighted by Crippen LogP contribution is -2.50. The Morgan fingerprint density at radius 3 is 2.88 bits per heavy atom. The Morgan fingerprint density at radius 2 is 2.21 bits per heavy atom. The summed E-state index contributed by atoms with van der Waals surface area (Å²) in [4.78, 5) is 14.5. The number of ether oxygens (including phenoxy) is 1. The largest absolute Gasteiger partial charge is 0.387 e. The molecule has 2 aromatic rings. The molecule has 2 heterocycles. The highest BCUT2D eigenvalue weighted by Crippen LogP contribution is 2.19. The van der Waals surface area contributed by atoms with Crippen LogP contribution in [0.3, 0.4) is 0 Å². The maximum atomic E-state index is 12.9. The van der Waals surface area contributed by atoms with Gasteiger partial charge in [-0.05, 0) is 28.0 Å². The number of carbonyl (C=O) groups excluding carboxylic acids is 1. The smallest absolute Gasteiger partial charge is 0.253 e. The van der Waals surface area contributed by atoms with Crippen LogP contribution in [0.25, 0.3) is 0 Å². The minimum atomic E-state index is -0.694. The summed E-state index contributed by atoms with van der Waals surface area (Å²) in [6, 6.07) is 11.7. The standard InChI is InChI=1S/C18H22N2O3S/c21-16(15-6-9-24-13-15)12-20(11-14-4-2-1-3-5-14)18(22)17-10-19-7-8-23-17/h1-6,9,13,16-17,19,21H,7-8,10-12H2. The average molecular weight is 346 g/mol. The van der Waals surface area contributed by atoms with E-state index in [0.29, 0.717) is 19.7 Å². The molecule has 1 fully saturated rings. The zero-order chi connectivity index (χ0) is 16.8.